The Labute approximate surface area is 142 Å². The number of fused-ring (bicyclic) bond motifs is 2. The SMILES string of the molecule is Cn1cnc2c(=O)n(-c3cnc(Cl)nc3)c([C@@H]3C[C@@H]4C[C@@H]4C3)nc21. The van der Waals surface area contributed by atoms with Crippen molar-refractivity contribution in [3.63, 3.8) is 0 Å². The molecule has 0 aromatic carbocycles. The molecule has 3 aromatic rings. The summed E-state index contributed by atoms with van der Waals surface area (Å²) in [4.78, 5) is 30.1. The van der Waals surface area contributed by atoms with E-state index in [1.807, 2.05) is 7.05 Å². The lowest BCUT2D eigenvalue weighted by atomic mass is 10.0. The Bertz CT molecular complexity index is 998. The number of imidazole rings is 1. The normalized spacial score (nSPS) is 25.2. The number of aryl methyl sites for hydroxylation is 1. The molecule has 2 aliphatic carbocycles. The van der Waals surface area contributed by atoms with Gasteiger partial charge in [-0.15, -0.1) is 0 Å². The van der Waals surface area contributed by atoms with Gasteiger partial charge in [0.05, 0.1) is 24.4 Å². The summed E-state index contributed by atoms with van der Waals surface area (Å²) in [6, 6.07) is 0. The molecule has 0 radical (unpaired) electrons. The largest absolute Gasteiger partial charge is 0.318 e. The van der Waals surface area contributed by atoms with Gasteiger partial charge in [0, 0.05) is 13.0 Å². The predicted octanol–water partition coefficient (Wildman–Crippen LogP) is 2.08. The Balaban J connectivity index is 1.77. The monoisotopic (exact) mass is 342 g/mol. The van der Waals surface area contributed by atoms with E-state index in [1.165, 1.54) is 6.42 Å². The summed E-state index contributed by atoms with van der Waals surface area (Å²) in [6.45, 7) is 0. The van der Waals surface area contributed by atoms with E-state index in [2.05, 4.69) is 15.0 Å². The highest BCUT2D eigenvalue weighted by atomic mass is 35.5. The minimum absolute atomic E-state index is 0.155. The molecule has 2 aliphatic rings. The number of aromatic nitrogens is 6. The summed E-state index contributed by atoms with van der Waals surface area (Å²) in [7, 11) is 1.85. The van der Waals surface area contributed by atoms with Crippen LogP contribution in [-0.2, 0) is 7.05 Å². The molecule has 0 N–H and O–H groups in total. The zero-order chi connectivity index (χ0) is 16.4. The minimum Gasteiger partial charge on any atom is -0.318 e. The van der Waals surface area contributed by atoms with E-state index in [-0.39, 0.29) is 16.8 Å². The number of rotatable bonds is 2. The predicted molar refractivity (Wildman–Crippen MR) is 88.3 cm³/mol. The van der Waals surface area contributed by atoms with Crippen LogP contribution in [-0.4, -0.2) is 29.1 Å². The van der Waals surface area contributed by atoms with Crippen molar-refractivity contribution in [1.29, 1.82) is 0 Å². The molecule has 2 fully saturated rings. The molecule has 0 spiro atoms. The van der Waals surface area contributed by atoms with Crippen molar-refractivity contribution in [2.24, 2.45) is 18.9 Å². The quantitative estimate of drug-likeness (QED) is 0.666. The summed E-state index contributed by atoms with van der Waals surface area (Å²) < 4.78 is 3.40. The Morgan fingerprint density at radius 3 is 2.54 bits per heavy atom. The lowest BCUT2D eigenvalue weighted by Crippen LogP contribution is -2.26. The third-order valence-electron chi connectivity index (χ3n) is 5.23. The van der Waals surface area contributed by atoms with E-state index >= 15 is 0 Å². The third-order valence-corrected chi connectivity index (χ3v) is 5.43. The smallest absolute Gasteiger partial charge is 0.286 e. The van der Waals surface area contributed by atoms with Gasteiger partial charge >= 0.3 is 0 Å². The molecule has 0 amide bonds. The van der Waals surface area contributed by atoms with Crippen LogP contribution in [0.5, 0.6) is 0 Å². The molecule has 3 atom stereocenters. The van der Waals surface area contributed by atoms with E-state index in [1.54, 1.807) is 27.9 Å². The molecule has 3 aromatic heterocycles. The summed E-state index contributed by atoms with van der Waals surface area (Å²) in [5, 5.41) is 0.155. The average Bonchev–Trinajstić information content (AvgIpc) is 3.00. The van der Waals surface area contributed by atoms with Crippen LogP contribution in [0.1, 0.15) is 31.0 Å². The Kier molecular flexibility index (Phi) is 2.85. The summed E-state index contributed by atoms with van der Waals surface area (Å²) >= 11 is 5.79. The number of halogens is 1. The van der Waals surface area contributed by atoms with Gasteiger partial charge in [-0.1, -0.05) is 0 Å². The van der Waals surface area contributed by atoms with Crippen molar-refractivity contribution in [3.05, 3.63) is 40.2 Å². The van der Waals surface area contributed by atoms with E-state index < -0.39 is 0 Å². The highest BCUT2D eigenvalue weighted by molar-refractivity contribution is 6.28. The van der Waals surface area contributed by atoms with Crippen molar-refractivity contribution < 1.29 is 0 Å². The van der Waals surface area contributed by atoms with Crippen LogP contribution >= 0.6 is 11.6 Å². The van der Waals surface area contributed by atoms with Gasteiger partial charge in [-0.25, -0.2) is 19.9 Å². The Hall–Kier alpha value is -2.28. The number of hydrogen-bond acceptors (Lipinski definition) is 5. The molecule has 7 nitrogen and oxygen atoms in total. The van der Waals surface area contributed by atoms with Crippen molar-refractivity contribution >= 4 is 22.8 Å². The number of nitrogens with zero attached hydrogens (tertiary/aromatic N) is 6. The van der Waals surface area contributed by atoms with Gasteiger partial charge in [0.2, 0.25) is 5.28 Å². The lowest BCUT2D eigenvalue weighted by molar-refractivity contribution is 0.570. The molecule has 2 saturated carbocycles. The summed E-state index contributed by atoms with van der Waals surface area (Å²) in [5.41, 5.74) is 1.39. The summed E-state index contributed by atoms with van der Waals surface area (Å²) in [5.74, 6) is 2.67. The number of hydrogen-bond donors (Lipinski definition) is 0. The van der Waals surface area contributed by atoms with Crippen LogP contribution in [0.3, 0.4) is 0 Å². The van der Waals surface area contributed by atoms with E-state index in [0.29, 0.717) is 16.9 Å². The first-order valence-corrected chi connectivity index (χ1v) is 8.41. The van der Waals surface area contributed by atoms with E-state index in [0.717, 1.165) is 30.5 Å². The first-order valence-electron chi connectivity index (χ1n) is 8.03. The van der Waals surface area contributed by atoms with Crippen LogP contribution in [0.15, 0.2) is 23.5 Å². The zero-order valence-corrected chi connectivity index (χ0v) is 13.8. The van der Waals surface area contributed by atoms with Gasteiger partial charge in [0.25, 0.3) is 5.56 Å². The first kappa shape index (κ1) is 14.1. The second kappa shape index (κ2) is 4.86. The molecule has 5 rings (SSSR count). The van der Waals surface area contributed by atoms with Crippen molar-refractivity contribution in [3.8, 4) is 5.69 Å². The molecule has 122 valence electrons. The van der Waals surface area contributed by atoms with Crippen LogP contribution < -0.4 is 5.56 Å². The van der Waals surface area contributed by atoms with Crippen molar-refractivity contribution in [1.82, 2.24) is 29.1 Å². The molecule has 24 heavy (non-hydrogen) atoms. The maximum atomic E-state index is 13.1. The molecular weight excluding hydrogens is 328 g/mol. The standard InChI is InChI=1S/C16H15ClN6O/c1-22-7-20-12-14(22)21-13(10-3-8-2-9(8)4-10)23(15(12)24)11-5-18-16(17)19-6-11/h5-10H,2-4H2,1H3/t8-,9+,10+. The van der Waals surface area contributed by atoms with Crippen molar-refractivity contribution in [2.75, 3.05) is 0 Å². The topological polar surface area (TPSA) is 78.5 Å². The molecular formula is C16H15ClN6O. The molecule has 0 unspecified atom stereocenters. The first-order chi connectivity index (χ1) is 11.6. The zero-order valence-electron chi connectivity index (χ0n) is 13.1. The Morgan fingerprint density at radius 1 is 1.12 bits per heavy atom. The van der Waals surface area contributed by atoms with Crippen LogP contribution in [0, 0.1) is 11.8 Å². The van der Waals surface area contributed by atoms with Crippen LogP contribution in [0.25, 0.3) is 16.9 Å². The summed E-state index contributed by atoms with van der Waals surface area (Å²) in [6.07, 6.45) is 8.25. The van der Waals surface area contributed by atoms with Crippen LogP contribution in [0.2, 0.25) is 5.28 Å². The van der Waals surface area contributed by atoms with Gasteiger partial charge in [-0.3, -0.25) is 9.36 Å². The molecule has 8 heteroatoms. The van der Waals surface area contributed by atoms with E-state index in [9.17, 15) is 4.79 Å². The van der Waals surface area contributed by atoms with Gasteiger partial charge in [-0.2, -0.15) is 0 Å². The second-order valence-corrected chi connectivity index (χ2v) is 7.11. The fraction of sp³-hybridized carbons (Fsp3) is 0.438. The molecule has 0 aliphatic heterocycles. The van der Waals surface area contributed by atoms with Gasteiger partial charge < -0.3 is 4.57 Å². The van der Waals surface area contributed by atoms with Gasteiger partial charge in [0.1, 0.15) is 5.82 Å². The van der Waals surface area contributed by atoms with E-state index in [4.69, 9.17) is 16.6 Å². The fourth-order valence-electron chi connectivity index (χ4n) is 3.94. The molecule has 0 bridgehead atoms. The second-order valence-electron chi connectivity index (χ2n) is 6.77. The van der Waals surface area contributed by atoms with Crippen LogP contribution in [0.4, 0.5) is 0 Å². The molecule has 0 saturated heterocycles. The maximum Gasteiger partial charge on any atom is 0.286 e. The fourth-order valence-corrected chi connectivity index (χ4v) is 4.04. The third kappa shape index (κ3) is 2.00. The van der Waals surface area contributed by atoms with Gasteiger partial charge in [0.15, 0.2) is 11.2 Å². The average molecular weight is 343 g/mol. The lowest BCUT2D eigenvalue weighted by Gasteiger charge is -2.17. The minimum atomic E-state index is -0.179. The van der Waals surface area contributed by atoms with Crippen molar-refractivity contribution in [2.45, 2.75) is 25.2 Å². The van der Waals surface area contributed by atoms with Gasteiger partial charge in [-0.05, 0) is 42.7 Å². The molecule has 3 heterocycles. The Morgan fingerprint density at radius 2 is 1.83 bits per heavy atom. The highest BCUT2D eigenvalue weighted by Crippen LogP contribution is 2.57. The maximum absolute atomic E-state index is 13.1. The highest BCUT2D eigenvalue weighted by Gasteiger charge is 2.47.